The third-order valence-electron chi connectivity index (χ3n) is 13.4. The lowest BCUT2D eigenvalue weighted by molar-refractivity contribution is -0.359. The maximum absolute atomic E-state index is 13.1. The summed E-state index contributed by atoms with van der Waals surface area (Å²) >= 11 is 0. The monoisotopic (exact) mass is 694 g/mol. The number of fused-ring (bicyclic) bond motifs is 5. The summed E-state index contributed by atoms with van der Waals surface area (Å²) in [6, 6.07) is 0. The molecule has 3 heterocycles. The third-order valence-corrected chi connectivity index (χ3v) is 13.4. The van der Waals surface area contributed by atoms with Crippen LogP contribution in [0.15, 0.2) is 23.3 Å². The number of aldehydes is 1. The Morgan fingerprint density at radius 2 is 1.63 bits per heavy atom. The molecule has 0 radical (unpaired) electrons. The van der Waals surface area contributed by atoms with Crippen LogP contribution in [-0.4, -0.2) is 134 Å². The number of cyclic esters (lactones) is 1. The molecule has 0 spiro atoms. The molecule has 14 nitrogen and oxygen atoms in total. The van der Waals surface area contributed by atoms with Crippen LogP contribution in [-0.2, 0) is 33.3 Å². The predicted molar refractivity (Wildman–Crippen MR) is 166 cm³/mol. The molecule has 274 valence electrons. The lowest BCUT2D eigenvalue weighted by atomic mass is 9.45. The number of hydrogen-bond donors (Lipinski definition) is 7. The van der Waals surface area contributed by atoms with Crippen molar-refractivity contribution in [1.29, 1.82) is 0 Å². The van der Waals surface area contributed by atoms with Gasteiger partial charge in [0.1, 0.15) is 55.6 Å². The second-order valence-electron chi connectivity index (χ2n) is 15.6. The predicted octanol–water partition coefficient (Wildman–Crippen LogP) is -0.621. The largest absolute Gasteiger partial charge is 0.458 e. The first kappa shape index (κ1) is 35.6. The van der Waals surface area contributed by atoms with Crippen LogP contribution in [0.25, 0.3) is 0 Å². The lowest BCUT2D eigenvalue weighted by Gasteiger charge is -2.61. The SMILES string of the molecule is C[C@@H]1O[C@H](O[C@H]2[C@H](O)[C@@H](O)[C@@H](O[C@@H]3C=C4CC[C@@H]5[C@H](CC[C@]6(C)[C@@H](C7=CC(=O)OC7)CC[C@]56O)[C@@]4(C=O)CC3)O[C@@H]2CO)[C@H](O)[C@H](O)[C@H]1O. The Morgan fingerprint density at radius 1 is 0.898 bits per heavy atom. The van der Waals surface area contributed by atoms with Gasteiger partial charge in [-0.05, 0) is 81.6 Å². The number of ether oxygens (including phenoxy) is 5. The topological polar surface area (TPSA) is 222 Å². The second-order valence-corrected chi connectivity index (χ2v) is 15.6. The van der Waals surface area contributed by atoms with Gasteiger partial charge in [-0.15, -0.1) is 0 Å². The standard InChI is InChI=1S/C35H50O14/c1-16-25(39)26(40)28(42)31(46-16)49-30-23(13-36)48-32(29(43)27(30)41)47-19-5-9-34(15-37)18(12-19)3-4-22-21(34)6-8-33(2)20(7-10-35(22,33)44)17-11-24(38)45-14-17/h11-12,15-16,19-23,25-32,36,39-44H,3-10,13-14H2,1-2H3/t16-,19-,20+,21-,22+,23+,25-,26+,27+,28+,29+,30+,31+,32-,33+,34+,35-/m0/s1. The van der Waals surface area contributed by atoms with Gasteiger partial charge < -0.3 is 64.2 Å². The molecule has 0 aromatic rings. The van der Waals surface area contributed by atoms with Gasteiger partial charge in [0.15, 0.2) is 12.6 Å². The zero-order valence-corrected chi connectivity index (χ0v) is 27.9. The molecule has 17 atom stereocenters. The maximum Gasteiger partial charge on any atom is 0.331 e. The molecule has 3 saturated carbocycles. The zero-order valence-electron chi connectivity index (χ0n) is 27.9. The molecular weight excluding hydrogens is 644 g/mol. The minimum Gasteiger partial charge on any atom is -0.458 e. The summed E-state index contributed by atoms with van der Waals surface area (Å²) in [7, 11) is 0. The highest BCUT2D eigenvalue weighted by molar-refractivity contribution is 5.85. The van der Waals surface area contributed by atoms with E-state index in [2.05, 4.69) is 6.92 Å². The van der Waals surface area contributed by atoms with E-state index in [0.29, 0.717) is 32.1 Å². The Kier molecular flexibility index (Phi) is 9.43. The Hall–Kier alpha value is -1.82. The van der Waals surface area contributed by atoms with Gasteiger partial charge in [-0.25, -0.2) is 4.79 Å². The summed E-state index contributed by atoms with van der Waals surface area (Å²) in [5, 5.41) is 75.2. The van der Waals surface area contributed by atoms with Crippen molar-refractivity contribution in [2.75, 3.05) is 13.2 Å². The quantitative estimate of drug-likeness (QED) is 0.100. The summed E-state index contributed by atoms with van der Waals surface area (Å²) in [4.78, 5) is 25.0. The average Bonchev–Trinajstić information content (AvgIpc) is 3.64. The van der Waals surface area contributed by atoms with Crippen LogP contribution in [0, 0.1) is 28.6 Å². The molecule has 0 aromatic carbocycles. The van der Waals surface area contributed by atoms with Crippen LogP contribution < -0.4 is 0 Å². The molecule has 0 bridgehead atoms. The fourth-order valence-corrected chi connectivity index (χ4v) is 10.7. The first-order chi connectivity index (χ1) is 23.3. The fourth-order valence-electron chi connectivity index (χ4n) is 10.7. The average molecular weight is 695 g/mol. The molecule has 0 unspecified atom stereocenters. The number of esters is 1. The van der Waals surface area contributed by atoms with Crippen LogP contribution in [0.5, 0.6) is 0 Å². The first-order valence-electron chi connectivity index (χ1n) is 17.7. The van der Waals surface area contributed by atoms with Gasteiger partial charge in [0.25, 0.3) is 0 Å². The van der Waals surface area contributed by atoms with Gasteiger partial charge in [0.05, 0.1) is 29.8 Å². The van der Waals surface area contributed by atoms with E-state index in [-0.39, 0.29) is 30.3 Å². The van der Waals surface area contributed by atoms with Crippen LogP contribution in [0.2, 0.25) is 0 Å². The Labute approximate surface area is 284 Å². The molecule has 3 aliphatic heterocycles. The van der Waals surface area contributed by atoms with Gasteiger partial charge in [0.2, 0.25) is 0 Å². The molecule has 4 aliphatic carbocycles. The molecule has 0 amide bonds. The van der Waals surface area contributed by atoms with Crippen LogP contribution >= 0.6 is 0 Å². The summed E-state index contributed by atoms with van der Waals surface area (Å²) in [5.41, 5.74) is -0.293. The second kappa shape index (κ2) is 13.0. The van der Waals surface area contributed by atoms with Crippen molar-refractivity contribution in [2.24, 2.45) is 28.6 Å². The number of aliphatic hydroxyl groups is 7. The Morgan fingerprint density at radius 3 is 2.33 bits per heavy atom. The number of rotatable bonds is 7. The van der Waals surface area contributed by atoms with Crippen LogP contribution in [0.4, 0.5) is 0 Å². The van der Waals surface area contributed by atoms with Crippen molar-refractivity contribution in [2.45, 2.75) is 138 Å². The normalized spacial score (nSPS) is 52.7. The molecule has 0 aromatic heterocycles. The van der Waals surface area contributed by atoms with E-state index in [4.69, 9.17) is 23.7 Å². The molecule has 5 fully saturated rings. The van der Waals surface area contributed by atoms with E-state index in [1.165, 1.54) is 6.92 Å². The number of hydrogen-bond acceptors (Lipinski definition) is 14. The minimum atomic E-state index is -1.66. The molecular formula is C35H50O14. The van der Waals surface area contributed by atoms with E-state index >= 15 is 0 Å². The highest BCUT2D eigenvalue weighted by atomic mass is 16.7. The summed E-state index contributed by atoms with van der Waals surface area (Å²) < 4.78 is 28.4. The zero-order chi connectivity index (χ0) is 35.0. The lowest BCUT2D eigenvalue weighted by Crippen LogP contribution is -2.64. The van der Waals surface area contributed by atoms with E-state index < -0.39 is 90.6 Å². The van der Waals surface area contributed by atoms with Gasteiger partial charge in [-0.3, -0.25) is 0 Å². The van der Waals surface area contributed by atoms with Crippen molar-refractivity contribution in [3.05, 3.63) is 23.3 Å². The number of aliphatic hydroxyl groups excluding tert-OH is 6. The highest BCUT2D eigenvalue weighted by Crippen LogP contribution is 2.69. The third kappa shape index (κ3) is 5.49. The summed E-state index contributed by atoms with van der Waals surface area (Å²) in [6.45, 7) is 3.24. The van der Waals surface area contributed by atoms with Gasteiger partial charge >= 0.3 is 5.97 Å². The van der Waals surface area contributed by atoms with Crippen molar-refractivity contribution >= 4 is 12.3 Å². The molecule has 7 rings (SSSR count). The Balaban J connectivity index is 1.04. The van der Waals surface area contributed by atoms with E-state index in [1.54, 1.807) is 6.08 Å². The molecule has 2 saturated heterocycles. The maximum atomic E-state index is 13.1. The van der Waals surface area contributed by atoms with Crippen molar-refractivity contribution < 1.29 is 69.0 Å². The van der Waals surface area contributed by atoms with Crippen molar-refractivity contribution in [3.8, 4) is 0 Å². The van der Waals surface area contributed by atoms with Crippen LogP contribution in [0.1, 0.15) is 65.2 Å². The van der Waals surface area contributed by atoms with E-state index in [9.17, 15) is 45.3 Å². The summed E-state index contributed by atoms with van der Waals surface area (Å²) in [6.07, 6.45) is -5.17. The van der Waals surface area contributed by atoms with E-state index in [1.807, 2.05) is 6.08 Å². The Bertz CT molecular complexity index is 1350. The highest BCUT2D eigenvalue weighted by Gasteiger charge is 2.68. The van der Waals surface area contributed by atoms with Gasteiger partial charge in [0, 0.05) is 11.5 Å². The van der Waals surface area contributed by atoms with Gasteiger partial charge in [-0.2, -0.15) is 0 Å². The first-order valence-corrected chi connectivity index (χ1v) is 17.7. The number of carbonyl (C=O) groups excluding carboxylic acids is 2. The van der Waals surface area contributed by atoms with Crippen molar-refractivity contribution in [1.82, 2.24) is 0 Å². The smallest absolute Gasteiger partial charge is 0.331 e. The fraction of sp³-hybridized carbons (Fsp3) is 0.829. The van der Waals surface area contributed by atoms with Crippen molar-refractivity contribution in [3.63, 3.8) is 0 Å². The molecule has 14 heteroatoms. The molecule has 7 N–H and O–H groups in total. The number of allylic oxidation sites excluding steroid dienone is 1. The minimum absolute atomic E-state index is 0.0477. The molecule has 7 aliphatic rings. The number of carbonyl (C=O) groups is 2. The van der Waals surface area contributed by atoms with Gasteiger partial charge in [-0.1, -0.05) is 18.6 Å². The summed E-state index contributed by atoms with van der Waals surface area (Å²) in [5.74, 6) is -0.436. The van der Waals surface area contributed by atoms with E-state index in [0.717, 1.165) is 36.7 Å². The molecule has 49 heavy (non-hydrogen) atoms. The van der Waals surface area contributed by atoms with Crippen LogP contribution in [0.3, 0.4) is 0 Å².